The molecule has 1 aromatic carbocycles. The Hall–Kier alpha value is -3.51. The maximum Gasteiger partial charge on any atom is 0.158 e. The summed E-state index contributed by atoms with van der Waals surface area (Å²) >= 11 is 0. The van der Waals surface area contributed by atoms with Crippen LogP contribution < -0.4 is 10.2 Å². The zero-order chi connectivity index (χ0) is 20.1. The van der Waals surface area contributed by atoms with Crippen molar-refractivity contribution in [1.29, 1.82) is 5.26 Å². The lowest BCUT2D eigenvalue weighted by atomic mass is 10.2. The van der Waals surface area contributed by atoms with Crippen molar-refractivity contribution < 1.29 is 4.39 Å². The molecule has 0 atom stereocenters. The molecule has 1 aliphatic rings. The van der Waals surface area contributed by atoms with Crippen molar-refractivity contribution in [3.63, 3.8) is 0 Å². The largest absolute Gasteiger partial charge is 0.369 e. The molecular weight excluding hydrogens is 371 g/mol. The van der Waals surface area contributed by atoms with Crippen molar-refractivity contribution in [2.24, 2.45) is 0 Å². The summed E-state index contributed by atoms with van der Waals surface area (Å²) in [6.45, 7) is 3.83. The average molecular weight is 392 g/mol. The van der Waals surface area contributed by atoms with Crippen molar-refractivity contribution in [3.05, 3.63) is 54.9 Å². The van der Waals surface area contributed by atoms with E-state index in [0.717, 1.165) is 31.9 Å². The van der Waals surface area contributed by atoms with E-state index in [-0.39, 0.29) is 12.4 Å². The van der Waals surface area contributed by atoms with E-state index in [1.54, 1.807) is 6.33 Å². The Morgan fingerprint density at radius 3 is 2.38 bits per heavy atom. The molecule has 0 saturated carbocycles. The van der Waals surface area contributed by atoms with E-state index in [9.17, 15) is 4.39 Å². The Morgan fingerprint density at radius 2 is 1.72 bits per heavy atom. The Labute approximate surface area is 168 Å². The van der Waals surface area contributed by atoms with E-state index in [1.807, 2.05) is 16.8 Å². The fraction of sp³-hybridized carbons (Fsp3) is 0.300. The molecule has 1 aliphatic heterocycles. The molecule has 0 spiro atoms. The molecule has 0 amide bonds. The number of alkyl halides is 1. The van der Waals surface area contributed by atoms with Gasteiger partial charge in [-0.1, -0.05) is 0 Å². The number of piperazine rings is 1. The van der Waals surface area contributed by atoms with Crippen LogP contribution in [0.4, 0.5) is 21.7 Å². The highest BCUT2D eigenvalue weighted by molar-refractivity contribution is 5.54. The number of halogens is 1. The number of imidazole rings is 1. The molecule has 0 radical (unpaired) electrons. The first-order valence-corrected chi connectivity index (χ1v) is 9.42. The van der Waals surface area contributed by atoms with Crippen molar-refractivity contribution in [1.82, 2.24) is 24.4 Å². The van der Waals surface area contributed by atoms with E-state index in [2.05, 4.69) is 54.3 Å². The first kappa shape index (κ1) is 18.8. The van der Waals surface area contributed by atoms with Gasteiger partial charge in [0, 0.05) is 44.1 Å². The van der Waals surface area contributed by atoms with Crippen LogP contribution in [0.25, 0.3) is 5.69 Å². The summed E-state index contributed by atoms with van der Waals surface area (Å²) in [5, 5.41) is 11.8. The number of nitrogens with one attached hydrogen (secondary N) is 1. The molecule has 1 fully saturated rings. The van der Waals surface area contributed by atoms with Crippen molar-refractivity contribution >= 4 is 17.3 Å². The minimum absolute atomic E-state index is 0.269. The van der Waals surface area contributed by atoms with Gasteiger partial charge in [0.2, 0.25) is 0 Å². The van der Waals surface area contributed by atoms with Gasteiger partial charge in [-0.05, 0) is 24.3 Å². The topological polar surface area (TPSA) is 85.9 Å². The van der Waals surface area contributed by atoms with E-state index in [0.29, 0.717) is 18.2 Å². The Kier molecular flexibility index (Phi) is 5.63. The number of hydrogen-bond acceptors (Lipinski definition) is 7. The minimum atomic E-state index is -0.284. The highest BCUT2D eigenvalue weighted by atomic mass is 19.1. The van der Waals surface area contributed by atoms with Crippen molar-refractivity contribution in [2.75, 3.05) is 49.6 Å². The van der Waals surface area contributed by atoms with Gasteiger partial charge in [0.05, 0.1) is 18.6 Å². The number of hydrogen-bond donors (Lipinski definition) is 1. The summed E-state index contributed by atoms with van der Waals surface area (Å²) in [6.07, 6.45) is 6.50. The van der Waals surface area contributed by atoms with Crippen LogP contribution in [-0.2, 0) is 0 Å². The lowest BCUT2D eigenvalue weighted by Gasteiger charge is -2.35. The third-order valence-corrected chi connectivity index (χ3v) is 4.89. The minimum Gasteiger partial charge on any atom is -0.369 e. The van der Waals surface area contributed by atoms with E-state index >= 15 is 0 Å². The number of nitriles is 1. The van der Waals surface area contributed by atoms with Gasteiger partial charge in [0.15, 0.2) is 5.69 Å². The predicted molar refractivity (Wildman–Crippen MR) is 108 cm³/mol. The summed E-state index contributed by atoms with van der Waals surface area (Å²) in [5.41, 5.74) is 2.43. The Morgan fingerprint density at radius 1 is 0.966 bits per heavy atom. The monoisotopic (exact) mass is 392 g/mol. The third-order valence-electron chi connectivity index (χ3n) is 4.89. The molecule has 3 heterocycles. The SMILES string of the molecule is N#Cc1cnc(Nc2cn(-c3ccc(N4CCN(CCF)CC4)cc3)cn2)cn1. The fourth-order valence-electron chi connectivity index (χ4n) is 3.29. The molecule has 3 aromatic rings. The van der Waals surface area contributed by atoms with Crippen LogP contribution in [0.5, 0.6) is 0 Å². The Balaban J connectivity index is 1.39. The first-order valence-electron chi connectivity index (χ1n) is 9.42. The van der Waals surface area contributed by atoms with Gasteiger partial charge in [-0.2, -0.15) is 5.26 Å². The van der Waals surface area contributed by atoms with Gasteiger partial charge in [-0.15, -0.1) is 0 Å². The first-order chi connectivity index (χ1) is 14.2. The van der Waals surface area contributed by atoms with E-state index < -0.39 is 0 Å². The van der Waals surface area contributed by atoms with Crippen LogP contribution in [0.15, 0.2) is 49.2 Å². The number of rotatable bonds is 6. The highest BCUT2D eigenvalue weighted by Crippen LogP contribution is 2.20. The summed E-state index contributed by atoms with van der Waals surface area (Å²) in [6, 6.07) is 10.2. The molecule has 1 saturated heterocycles. The van der Waals surface area contributed by atoms with E-state index in [1.165, 1.54) is 18.1 Å². The second-order valence-corrected chi connectivity index (χ2v) is 6.72. The van der Waals surface area contributed by atoms with E-state index in [4.69, 9.17) is 5.26 Å². The Bertz CT molecular complexity index is 969. The zero-order valence-corrected chi connectivity index (χ0v) is 15.9. The molecule has 29 heavy (non-hydrogen) atoms. The molecular formula is C20H21FN8. The quantitative estimate of drug-likeness (QED) is 0.689. The molecule has 0 bridgehead atoms. The summed E-state index contributed by atoms with van der Waals surface area (Å²) in [7, 11) is 0. The van der Waals surface area contributed by atoms with Gasteiger partial charge >= 0.3 is 0 Å². The molecule has 148 valence electrons. The molecule has 9 heteroatoms. The van der Waals surface area contributed by atoms with Gasteiger partial charge < -0.3 is 14.8 Å². The number of benzene rings is 1. The van der Waals surface area contributed by atoms with Crippen LogP contribution >= 0.6 is 0 Å². The van der Waals surface area contributed by atoms with Crippen LogP contribution in [0.2, 0.25) is 0 Å². The van der Waals surface area contributed by atoms with Crippen LogP contribution in [-0.4, -0.2) is 63.8 Å². The maximum absolute atomic E-state index is 12.5. The number of anilines is 3. The third kappa shape index (κ3) is 4.50. The average Bonchev–Trinajstić information content (AvgIpc) is 3.24. The van der Waals surface area contributed by atoms with Crippen LogP contribution in [0.1, 0.15) is 5.69 Å². The smallest absolute Gasteiger partial charge is 0.158 e. The standard InChI is InChI=1S/C20H21FN8/c21-5-6-27-7-9-28(10-8-27)17-1-3-18(4-2-17)29-14-20(25-15-29)26-19-13-23-16(11-22)12-24-19/h1-4,12-15H,5-10H2,(H,24,26). The van der Waals surface area contributed by atoms with Crippen molar-refractivity contribution in [2.45, 2.75) is 0 Å². The number of nitrogens with zero attached hydrogens (tertiary/aromatic N) is 7. The van der Waals surface area contributed by atoms with Gasteiger partial charge in [-0.25, -0.2) is 19.3 Å². The molecule has 2 aromatic heterocycles. The zero-order valence-electron chi connectivity index (χ0n) is 15.9. The molecule has 8 nitrogen and oxygen atoms in total. The second kappa shape index (κ2) is 8.67. The lowest BCUT2D eigenvalue weighted by molar-refractivity contribution is 0.235. The van der Waals surface area contributed by atoms with Gasteiger partial charge in [0.1, 0.15) is 30.7 Å². The fourth-order valence-corrected chi connectivity index (χ4v) is 3.29. The van der Waals surface area contributed by atoms with Gasteiger partial charge in [-0.3, -0.25) is 4.90 Å². The van der Waals surface area contributed by atoms with Gasteiger partial charge in [0.25, 0.3) is 0 Å². The lowest BCUT2D eigenvalue weighted by Crippen LogP contribution is -2.47. The number of aromatic nitrogens is 4. The summed E-state index contributed by atoms with van der Waals surface area (Å²) < 4.78 is 14.4. The maximum atomic E-state index is 12.5. The van der Waals surface area contributed by atoms with Crippen LogP contribution in [0, 0.1) is 11.3 Å². The predicted octanol–water partition coefficient (Wildman–Crippen LogP) is 2.37. The highest BCUT2D eigenvalue weighted by Gasteiger charge is 2.16. The summed E-state index contributed by atoms with van der Waals surface area (Å²) in [4.78, 5) is 16.9. The normalized spacial score (nSPS) is 14.6. The summed E-state index contributed by atoms with van der Waals surface area (Å²) in [5.74, 6) is 1.16. The molecule has 1 N–H and O–H groups in total. The molecule has 0 aliphatic carbocycles. The second-order valence-electron chi connectivity index (χ2n) is 6.72. The van der Waals surface area contributed by atoms with Crippen molar-refractivity contribution in [3.8, 4) is 11.8 Å². The van der Waals surface area contributed by atoms with Crippen LogP contribution in [0.3, 0.4) is 0 Å². The molecule has 4 rings (SSSR count). The molecule has 0 unspecified atom stereocenters.